The normalized spacial score (nSPS) is 26.5. The molecule has 0 aliphatic heterocycles. The van der Waals surface area contributed by atoms with E-state index >= 15 is 0 Å². The lowest BCUT2D eigenvalue weighted by Crippen LogP contribution is -2.28. The van der Waals surface area contributed by atoms with Gasteiger partial charge in [-0.25, -0.2) is 0 Å². The Morgan fingerprint density at radius 3 is 2.80 bits per heavy atom. The molecule has 1 aromatic rings. The molecule has 3 unspecified atom stereocenters. The van der Waals surface area contributed by atoms with Crippen molar-refractivity contribution < 1.29 is 14.6 Å². The first-order chi connectivity index (χ1) is 9.47. The zero-order chi connectivity index (χ0) is 14.7. The van der Waals surface area contributed by atoms with Crippen molar-refractivity contribution in [2.75, 3.05) is 0 Å². The minimum Gasteiger partial charge on any atom is -0.489 e. The first kappa shape index (κ1) is 14.8. The lowest BCUT2D eigenvalue weighted by atomic mass is 9.72. The Kier molecular flexibility index (Phi) is 4.63. The van der Waals surface area contributed by atoms with Crippen LogP contribution in [-0.4, -0.2) is 22.2 Å². The number of carbonyl (C=O) groups is 1. The lowest BCUT2D eigenvalue weighted by Gasteiger charge is -2.32. The summed E-state index contributed by atoms with van der Waals surface area (Å²) in [6, 6.07) is 1.95. The molecule has 1 aliphatic rings. The third-order valence-corrected chi connectivity index (χ3v) is 3.96. The van der Waals surface area contributed by atoms with Gasteiger partial charge < -0.3 is 9.84 Å². The van der Waals surface area contributed by atoms with Crippen molar-refractivity contribution in [2.45, 2.75) is 52.1 Å². The maximum Gasteiger partial charge on any atom is 0.307 e. The van der Waals surface area contributed by atoms with E-state index in [4.69, 9.17) is 4.74 Å². The number of aromatic nitrogens is 1. The van der Waals surface area contributed by atoms with Crippen molar-refractivity contribution in [1.82, 2.24) is 4.98 Å². The molecule has 4 heteroatoms. The van der Waals surface area contributed by atoms with Crippen LogP contribution in [0.5, 0.6) is 5.75 Å². The third kappa shape index (κ3) is 3.50. The summed E-state index contributed by atoms with van der Waals surface area (Å²) in [7, 11) is 0. The molecule has 1 fully saturated rings. The van der Waals surface area contributed by atoms with Crippen LogP contribution < -0.4 is 4.74 Å². The summed E-state index contributed by atoms with van der Waals surface area (Å²) in [6.45, 7) is 6.12. The van der Waals surface area contributed by atoms with E-state index < -0.39 is 5.97 Å². The molecular weight excluding hydrogens is 254 g/mol. The number of carboxylic acids is 1. The van der Waals surface area contributed by atoms with Crippen LogP contribution >= 0.6 is 0 Å². The van der Waals surface area contributed by atoms with Crippen molar-refractivity contribution in [3.05, 3.63) is 24.0 Å². The van der Waals surface area contributed by atoms with Crippen LogP contribution in [0.4, 0.5) is 0 Å². The van der Waals surface area contributed by atoms with Gasteiger partial charge in [0.2, 0.25) is 0 Å². The highest BCUT2D eigenvalue weighted by atomic mass is 16.5. The Morgan fingerprint density at radius 2 is 2.15 bits per heavy atom. The molecule has 110 valence electrons. The van der Waals surface area contributed by atoms with Gasteiger partial charge in [-0.15, -0.1) is 0 Å². The molecule has 3 atom stereocenters. The van der Waals surface area contributed by atoms with Crippen molar-refractivity contribution in [3.63, 3.8) is 0 Å². The average molecular weight is 277 g/mol. The topological polar surface area (TPSA) is 59.4 Å². The molecule has 20 heavy (non-hydrogen) atoms. The Hall–Kier alpha value is -1.58. The summed E-state index contributed by atoms with van der Waals surface area (Å²) < 4.78 is 5.66. The molecule has 1 aromatic heterocycles. The minimum atomic E-state index is -0.697. The SMILES string of the molecule is CC1CCC(C(=O)O)C(c2cncc(OC(C)C)c2)C1. The summed E-state index contributed by atoms with van der Waals surface area (Å²) >= 11 is 0. The molecular formula is C16H23NO3. The number of carboxylic acid groups (broad SMARTS) is 1. The quantitative estimate of drug-likeness (QED) is 0.915. The molecule has 0 radical (unpaired) electrons. The Morgan fingerprint density at radius 1 is 1.40 bits per heavy atom. The van der Waals surface area contributed by atoms with Gasteiger partial charge in [0.25, 0.3) is 0 Å². The van der Waals surface area contributed by atoms with Gasteiger partial charge >= 0.3 is 5.97 Å². The van der Waals surface area contributed by atoms with Crippen LogP contribution in [0, 0.1) is 11.8 Å². The lowest BCUT2D eigenvalue weighted by molar-refractivity contribution is -0.143. The molecule has 1 aliphatic carbocycles. The maximum atomic E-state index is 11.5. The van der Waals surface area contributed by atoms with Gasteiger partial charge in [-0.2, -0.15) is 0 Å². The third-order valence-electron chi connectivity index (χ3n) is 3.96. The zero-order valence-electron chi connectivity index (χ0n) is 12.4. The molecule has 1 N–H and O–H groups in total. The van der Waals surface area contributed by atoms with E-state index in [2.05, 4.69) is 11.9 Å². The van der Waals surface area contributed by atoms with E-state index in [9.17, 15) is 9.90 Å². The van der Waals surface area contributed by atoms with E-state index in [-0.39, 0.29) is 17.9 Å². The van der Waals surface area contributed by atoms with E-state index in [1.54, 1.807) is 12.4 Å². The first-order valence-corrected chi connectivity index (χ1v) is 7.31. The maximum absolute atomic E-state index is 11.5. The van der Waals surface area contributed by atoms with Crippen molar-refractivity contribution in [2.24, 2.45) is 11.8 Å². The fraction of sp³-hybridized carbons (Fsp3) is 0.625. The van der Waals surface area contributed by atoms with Crippen LogP contribution in [-0.2, 0) is 4.79 Å². The second-order valence-corrected chi connectivity index (χ2v) is 6.09. The molecule has 0 bridgehead atoms. The van der Waals surface area contributed by atoms with Gasteiger partial charge in [-0.05, 0) is 56.6 Å². The number of aliphatic carboxylic acids is 1. The number of pyridine rings is 1. The van der Waals surface area contributed by atoms with Crippen molar-refractivity contribution >= 4 is 5.97 Å². The predicted molar refractivity (Wildman–Crippen MR) is 76.9 cm³/mol. The molecule has 0 spiro atoms. The van der Waals surface area contributed by atoms with Crippen molar-refractivity contribution in [3.8, 4) is 5.75 Å². The average Bonchev–Trinajstić information content (AvgIpc) is 2.37. The smallest absolute Gasteiger partial charge is 0.307 e. The first-order valence-electron chi connectivity index (χ1n) is 7.31. The molecule has 0 amide bonds. The molecule has 0 saturated heterocycles. The van der Waals surface area contributed by atoms with E-state index in [1.165, 1.54) is 0 Å². The van der Waals surface area contributed by atoms with E-state index in [0.29, 0.717) is 5.92 Å². The Bertz CT molecular complexity index is 473. The van der Waals surface area contributed by atoms with E-state index in [0.717, 1.165) is 30.6 Å². The number of nitrogens with zero attached hydrogens (tertiary/aromatic N) is 1. The standard InChI is InChI=1S/C16H23NO3/c1-10(2)20-13-7-12(8-17-9-13)15-6-11(3)4-5-14(15)16(18)19/h7-11,14-15H,4-6H2,1-3H3,(H,18,19). The van der Waals surface area contributed by atoms with Crippen molar-refractivity contribution in [1.29, 1.82) is 0 Å². The highest BCUT2D eigenvalue weighted by Crippen LogP contribution is 2.41. The van der Waals surface area contributed by atoms with E-state index in [1.807, 2.05) is 19.9 Å². The molecule has 2 rings (SSSR count). The van der Waals surface area contributed by atoms with Gasteiger partial charge in [0.1, 0.15) is 5.75 Å². The number of rotatable bonds is 4. The summed E-state index contributed by atoms with van der Waals surface area (Å²) in [4.78, 5) is 15.7. The fourth-order valence-electron chi connectivity index (χ4n) is 3.02. The second kappa shape index (κ2) is 6.25. The van der Waals surface area contributed by atoms with Gasteiger partial charge in [-0.1, -0.05) is 6.92 Å². The Labute approximate surface area is 120 Å². The fourth-order valence-corrected chi connectivity index (χ4v) is 3.02. The summed E-state index contributed by atoms with van der Waals surface area (Å²) in [5, 5.41) is 9.42. The highest BCUT2D eigenvalue weighted by Gasteiger charge is 2.34. The molecule has 4 nitrogen and oxygen atoms in total. The van der Waals surface area contributed by atoms with Gasteiger partial charge in [0.05, 0.1) is 18.2 Å². The predicted octanol–water partition coefficient (Wildman–Crippen LogP) is 3.47. The zero-order valence-corrected chi connectivity index (χ0v) is 12.4. The summed E-state index contributed by atoms with van der Waals surface area (Å²) in [5.74, 6) is 0.323. The van der Waals surface area contributed by atoms with Crippen LogP contribution in [0.25, 0.3) is 0 Å². The van der Waals surface area contributed by atoms with Gasteiger partial charge in [0.15, 0.2) is 0 Å². The monoisotopic (exact) mass is 277 g/mol. The number of hydrogen-bond donors (Lipinski definition) is 1. The van der Waals surface area contributed by atoms with Gasteiger partial charge in [0, 0.05) is 6.20 Å². The Balaban J connectivity index is 2.24. The minimum absolute atomic E-state index is 0.0412. The van der Waals surface area contributed by atoms with Crippen LogP contribution in [0.2, 0.25) is 0 Å². The second-order valence-electron chi connectivity index (χ2n) is 6.09. The summed E-state index contributed by atoms with van der Waals surface area (Å²) in [6.07, 6.45) is 6.20. The molecule has 1 saturated carbocycles. The van der Waals surface area contributed by atoms with Crippen LogP contribution in [0.15, 0.2) is 18.5 Å². The highest BCUT2D eigenvalue weighted by molar-refractivity contribution is 5.71. The van der Waals surface area contributed by atoms with Crippen LogP contribution in [0.1, 0.15) is 51.5 Å². The van der Waals surface area contributed by atoms with Gasteiger partial charge in [-0.3, -0.25) is 9.78 Å². The number of ether oxygens (including phenoxy) is 1. The van der Waals surface area contributed by atoms with Crippen LogP contribution in [0.3, 0.4) is 0 Å². The number of hydrogen-bond acceptors (Lipinski definition) is 3. The molecule has 0 aromatic carbocycles. The molecule has 1 heterocycles. The largest absolute Gasteiger partial charge is 0.489 e. The summed E-state index contributed by atoms with van der Waals surface area (Å²) in [5.41, 5.74) is 0.988.